The summed E-state index contributed by atoms with van der Waals surface area (Å²) in [4.78, 5) is 51.5. The molecule has 4 rings (SSSR count). The van der Waals surface area contributed by atoms with Gasteiger partial charge in [0.05, 0.1) is 25.1 Å². The molecular weight excluding hydrogens is 498 g/mol. The van der Waals surface area contributed by atoms with Gasteiger partial charge in [-0.3, -0.25) is 19.4 Å². The van der Waals surface area contributed by atoms with Gasteiger partial charge in [0, 0.05) is 67.5 Å². The van der Waals surface area contributed by atoms with Crippen molar-refractivity contribution in [3.8, 4) is 11.3 Å². The summed E-state index contributed by atoms with van der Waals surface area (Å²) < 4.78 is 5.45. The number of carboxylic acid groups (broad SMARTS) is 1. The molecule has 3 aromatic rings. The smallest absolute Gasteiger partial charge is 0.303 e. The number of rotatable bonds is 12. The number of aliphatic carboxylic acids is 1. The number of nitrogens with zero attached hydrogens (tertiary/aromatic N) is 4. The van der Waals surface area contributed by atoms with E-state index in [2.05, 4.69) is 19.9 Å². The Balaban J connectivity index is 1.42. The molecule has 0 unspecified atom stereocenters. The molecule has 204 valence electrons. The molecule has 10 nitrogen and oxygen atoms in total. The van der Waals surface area contributed by atoms with Crippen LogP contribution in [0.15, 0.2) is 48.9 Å². The molecule has 0 amide bonds. The fraction of sp³-hybridized carbons (Fsp3) is 0.379. The van der Waals surface area contributed by atoms with E-state index < -0.39 is 5.97 Å². The molecule has 0 saturated carbocycles. The molecule has 0 spiro atoms. The zero-order valence-corrected chi connectivity index (χ0v) is 22.0. The van der Waals surface area contributed by atoms with Crippen molar-refractivity contribution >= 4 is 29.0 Å². The summed E-state index contributed by atoms with van der Waals surface area (Å²) in [6.07, 6.45) is 6.30. The van der Waals surface area contributed by atoms with Crippen molar-refractivity contribution in [3.05, 3.63) is 65.7 Å². The molecule has 0 aliphatic carbocycles. The minimum atomic E-state index is -0.893. The highest BCUT2D eigenvalue weighted by atomic mass is 16.5. The minimum Gasteiger partial charge on any atom is -0.481 e. The van der Waals surface area contributed by atoms with E-state index in [9.17, 15) is 14.4 Å². The van der Waals surface area contributed by atoms with E-state index in [1.807, 2.05) is 30.3 Å². The Kier molecular flexibility index (Phi) is 9.32. The average Bonchev–Trinajstić information content (AvgIpc) is 2.96. The SMILES string of the molecule is C[C@H](CCC(=O)O)C(=O)CCc1ccc(-c2cnc(N)c(C(=O)Cc3cnccc3N3CCOCC3)n2)cc1. The Morgan fingerprint density at radius 2 is 1.82 bits per heavy atom. The van der Waals surface area contributed by atoms with Crippen LogP contribution in [-0.4, -0.2) is 63.9 Å². The standard InChI is InChI=1S/C29H33N5O5/c1-19(2-9-27(37)38)25(35)8-5-20-3-6-21(7-4-20)23-18-32-29(30)28(33-23)26(36)16-22-17-31-11-10-24(22)34-12-14-39-15-13-34/h3-4,6-7,10-11,17-19H,2,5,8-9,12-16H2,1H3,(H2,30,32)(H,37,38)/t19-/m1/s1. The second-order valence-electron chi connectivity index (χ2n) is 9.69. The van der Waals surface area contributed by atoms with Gasteiger partial charge >= 0.3 is 5.97 Å². The number of aromatic nitrogens is 3. The first-order chi connectivity index (χ1) is 18.8. The number of anilines is 2. The summed E-state index contributed by atoms with van der Waals surface area (Å²) in [5.41, 5.74) is 10.2. The maximum Gasteiger partial charge on any atom is 0.303 e. The maximum absolute atomic E-state index is 13.3. The Morgan fingerprint density at radius 1 is 1.08 bits per heavy atom. The Morgan fingerprint density at radius 3 is 2.54 bits per heavy atom. The second-order valence-corrected chi connectivity index (χ2v) is 9.69. The van der Waals surface area contributed by atoms with Crippen LogP contribution in [0.5, 0.6) is 0 Å². The highest BCUT2D eigenvalue weighted by molar-refractivity contribution is 6.00. The third-order valence-electron chi connectivity index (χ3n) is 6.90. The first-order valence-corrected chi connectivity index (χ1v) is 13.1. The average molecular weight is 532 g/mol. The predicted octanol–water partition coefficient (Wildman–Crippen LogP) is 3.39. The molecule has 1 aliphatic rings. The largest absolute Gasteiger partial charge is 0.481 e. The van der Waals surface area contributed by atoms with Crippen LogP contribution in [0.4, 0.5) is 11.5 Å². The van der Waals surface area contributed by atoms with Crippen molar-refractivity contribution in [3.63, 3.8) is 0 Å². The van der Waals surface area contributed by atoms with Gasteiger partial charge in [0.1, 0.15) is 11.5 Å². The van der Waals surface area contributed by atoms with E-state index in [0.29, 0.717) is 38.2 Å². The van der Waals surface area contributed by atoms with Crippen molar-refractivity contribution in [1.29, 1.82) is 0 Å². The van der Waals surface area contributed by atoms with E-state index >= 15 is 0 Å². The molecule has 1 aromatic carbocycles. The molecule has 10 heteroatoms. The number of carbonyl (C=O) groups excluding carboxylic acids is 2. The van der Waals surface area contributed by atoms with Gasteiger partial charge in [-0.05, 0) is 24.5 Å². The van der Waals surface area contributed by atoms with Gasteiger partial charge in [-0.2, -0.15) is 0 Å². The molecule has 39 heavy (non-hydrogen) atoms. The molecule has 3 N–H and O–H groups in total. The Bertz CT molecular complexity index is 1320. The lowest BCUT2D eigenvalue weighted by Gasteiger charge is -2.30. The van der Waals surface area contributed by atoms with Crippen LogP contribution in [0.2, 0.25) is 0 Å². The first-order valence-electron chi connectivity index (χ1n) is 13.1. The van der Waals surface area contributed by atoms with Crippen LogP contribution in [0.3, 0.4) is 0 Å². The molecule has 0 bridgehead atoms. The first kappa shape index (κ1) is 27.8. The quantitative estimate of drug-likeness (QED) is 0.333. The zero-order chi connectivity index (χ0) is 27.8. The van der Waals surface area contributed by atoms with Gasteiger partial charge in [-0.1, -0.05) is 31.2 Å². The summed E-state index contributed by atoms with van der Waals surface area (Å²) in [6.45, 7) is 4.53. The number of nitrogens with two attached hydrogens (primary N) is 1. The number of carboxylic acids is 1. The highest BCUT2D eigenvalue weighted by Crippen LogP contribution is 2.24. The van der Waals surface area contributed by atoms with Crippen LogP contribution in [0.1, 0.15) is 47.8 Å². The number of pyridine rings is 1. The number of ether oxygens (including phenoxy) is 1. The second kappa shape index (κ2) is 13.1. The van der Waals surface area contributed by atoms with E-state index in [1.165, 1.54) is 6.20 Å². The van der Waals surface area contributed by atoms with Crippen molar-refractivity contribution in [2.45, 2.75) is 39.0 Å². The van der Waals surface area contributed by atoms with Crippen molar-refractivity contribution < 1.29 is 24.2 Å². The van der Waals surface area contributed by atoms with Gasteiger partial charge in [0.2, 0.25) is 0 Å². The van der Waals surface area contributed by atoms with Crippen molar-refractivity contribution in [1.82, 2.24) is 15.0 Å². The molecule has 3 heterocycles. The number of carbonyl (C=O) groups is 3. The van der Waals surface area contributed by atoms with Gasteiger partial charge in [-0.25, -0.2) is 9.97 Å². The number of Topliss-reactive ketones (excluding diaryl/α,β-unsaturated/α-hetero) is 2. The number of benzene rings is 1. The van der Waals surface area contributed by atoms with Crippen LogP contribution in [-0.2, 0) is 27.2 Å². The monoisotopic (exact) mass is 531 g/mol. The molecule has 1 atom stereocenters. The Hall–Kier alpha value is -4.18. The number of aryl methyl sites for hydroxylation is 1. The maximum atomic E-state index is 13.3. The lowest BCUT2D eigenvalue weighted by atomic mass is 9.95. The van der Waals surface area contributed by atoms with Gasteiger partial charge < -0.3 is 20.5 Å². The van der Waals surface area contributed by atoms with Crippen LogP contribution in [0.25, 0.3) is 11.3 Å². The fourth-order valence-corrected chi connectivity index (χ4v) is 4.53. The zero-order valence-electron chi connectivity index (χ0n) is 22.0. The topological polar surface area (TPSA) is 149 Å². The summed E-state index contributed by atoms with van der Waals surface area (Å²) >= 11 is 0. The molecular formula is C29H33N5O5. The predicted molar refractivity (Wildman–Crippen MR) is 147 cm³/mol. The van der Waals surface area contributed by atoms with Crippen molar-refractivity contribution in [2.75, 3.05) is 36.9 Å². The highest BCUT2D eigenvalue weighted by Gasteiger charge is 2.20. The van der Waals surface area contributed by atoms with E-state index in [1.54, 1.807) is 19.3 Å². The van der Waals surface area contributed by atoms with E-state index in [0.717, 1.165) is 35.5 Å². The third-order valence-corrected chi connectivity index (χ3v) is 6.90. The van der Waals surface area contributed by atoms with E-state index in [4.69, 9.17) is 15.6 Å². The molecule has 0 radical (unpaired) electrons. The number of nitrogen functional groups attached to an aromatic ring is 1. The summed E-state index contributed by atoms with van der Waals surface area (Å²) in [7, 11) is 0. The number of hydrogen-bond donors (Lipinski definition) is 2. The summed E-state index contributed by atoms with van der Waals surface area (Å²) in [5.74, 6) is -1.28. The fourth-order valence-electron chi connectivity index (χ4n) is 4.53. The summed E-state index contributed by atoms with van der Waals surface area (Å²) in [5, 5.41) is 8.81. The van der Waals surface area contributed by atoms with Crippen LogP contribution < -0.4 is 10.6 Å². The molecule has 1 fully saturated rings. The van der Waals surface area contributed by atoms with Gasteiger partial charge in [-0.15, -0.1) is 0 Å². The lowest BCUT2D eigenvalue weighted by molar-refractivity contribution is -0.137. The Labute approximate surface area is 227 Å². The van der Waals surface area contributed by atoms with Gasteiger partial charge in [0.25, 0.3) is 0 Å². The number of hydrogen-bond acceptors (Lipinski definition) is 9. The van der Waals surface area contributed by atoms with E-state index in [-0.39, 0.29) is 41.8 Å². The van der Waals surface area contributed by atoms with Crippen LogP contribution in [0, 0.1) is 5.92 Å². The number of morpholine rings is 1. The van der Waals surface area contributed by atoms with Crippen LogP contribution >= 0.6 is 0 Å². The molecule has 2 aromatic heterocycles. The summed E-state index contributed by atoms with van der Waals surface area (Å²) in [6, 6.07) is 9.48. The van der Waals surface area contributed by atoms with Gasteiger partial charge in [0.15, 0.2) is 11.6 Å². The molecule has 1 aliphatic heterocycles. The van der Waals surface area contributed by atoms with Crippen molar-refractivity contribution in [2.24, 2.45) is 5.92 Å². The third kappa shape index (κ3) is 7.44. The minimum absolute atomic E-state index is 0.00794. The normalized spacial score (nSPS) is 14.1. The lowest BCUT2D eigenvalue weighted by Crippen LogP contribution is -2.37. The number of ketones is 2. The molecule has 1 saturated heterocycles.